The number of rotatable bonds is 16. The molecule has 21 rings (SSSR count). The maximum atomic E-state index is 11.8. The number of hydrogen-bond donors (Lipinski definition) is 0. The third kappa shape index (κ3) is 13.1. The summed E-state index contributed by atoms with van der Waals surface area (Å²) in [5.74, 6) is 5.98. The molecule has 0 aliphatic rings. The van der Waals surface area contributed by atoms with Gasteiger partial charge in [-0.05, 0) is 115 Å². The van der Waals surface area contributed by atoms with E-state index < -0.39 is 0 Å². The second-order valence-corrected chi connectivity index (χ2v) is 28.8. The molecule has 0 radical (unpaired) electrons. The molecule has 0 fully saturated rings. The van der Waals surface area contributed by atoms with Crippen LogP contribution in [-0.2, 0) is 0 Å². The number of hydrogen-bond acceptors (Lipinski definition) is 15. The summed E-state index contributed by atoms with van der Waals surface area (Å²) in [5, 5.41) is 26.5. The number of nitrogens with zero attached hydrogens (tertiary/aromatic N) is 17. The number of pyridine rings is 1. The Kier molecular flexibility index (Phi) is 17.9. The van der Waals surface area contributed by atoms with Gasteiger partial charge in [-0.2, -0.15) is 10.5 Å². The molecule has 0 bridgehead atoms. The lowest BCUT2D eigenvalue weighted by molar-refractivity contribution is 1.07. The highest BCUT2D eigenvalue weighted by molar-refractivity contribution is 6.15. The lowest BCUT2D eigenvalue weighted by Gasteiger charge is -2.22. The van der Waals surface area contributed by atoms with Gasteiger partial charge in [0.1, 0.15) is 0 Å². The lowest BCUT2D eigenvalue weighted by Crippen LogP contribution is -2.05. The molecule has 0 saturated carbocycles. The average Bonchev–Trinajstić information content (AvgIpc) is 1.55. The first-order valence-electron chi connectivity index (χ1n) is 39.1. The molecule has 120 heavy (non-hydrogen) atoms. The molecule has 17 heteroatoms. The zero-order valence-corrected chi connectivity index (χ0v) is 63.8. The van der Waals surface area contributed by atoms with Crippen molar-refractivity contribution in [1.29, 1.82) is 10.5 Å². The van der Waals surface area contributed by atoms with Crippen LogP contribution < -0.4 is 0 Å². The van der Waals surface area contributed by atoms with Gasteiger partial charge >= 0.3 is 0 Å². The van der Waals surface area contributed by atoms with Gasteiger partial charge in [0.2, 0.25) is 0 Å². The SMILES string of the molecule is N#Cc1ccc(-n2c3ccc(-c4nc(-c5ccccc5)nc(-c5ccccc5)n4)cc3c3cc(-c4nc(-c5ccccc5)nc(-c5ccccc5)n4)ccc32)c(-c2ccc(C#N)c(-c3ccncc3)c2-n2c3ccc(-c4nc(-c5ccccc5)nc(-c5ccccc5)n4)cc3c3cc(-c4nc(-c5ccccc5)nc(-c5ccccc5)n4)ccc32)c1. The number of nitriles is 2. The number of aromatic nitrogens is 15. The first-order valence-corrected chi connectivity index (χ1v) is 39.1. The number of fused-ring (bicyclic) bond motifs is 6. The van der Waals surface area contributed by atoms with E-state index in [2.05, 4.69) is 86.9 Å². The minimum Gasteiger partial charge on any atom is -0.309 e. The topological polar surface area (TPSA) is 225 Å². The van der Waals surface area contributed by atoms with Gasteiger partial charge in [-0.25, -0.2) is 59.8 Å². The fourth-order valence-electron chi connectivity index (χ4n) is 15.8. The van der Waals surface area contributed by atoms with Crippen molar-refractivity contribution in [2.45, 2.75) is 0 Å². The fraction of sp³-hybridized carbons (Fsp3) is 0. The van der Waals surface area contributed by atoms with E-state index in [0.29, 0.717) is 103 Å². The second-order valence-electron chi connectivity index (χ2n) is 28.8. The van der Waals surface area contributed by atoms with E-state index in [1.165, 1.54) is 0 Å². The molecule has 17 nitrogen and oxygen atoms in total. The predicted molar refractivity (Wildman–Crippen MR) is 472 cm³/mol. The summed E-state index contributed by atoms with van der Waals surface area (Å²) in [6.45, 7) is 0. The summed E-state index contributed by atoms with van der Waals surface area (Å²) in [7, 11) is 0. The van der Waals surface area contributed by atoms with E-state index in [0.717, 1.165) is 122 Å². The zero-order chi connectivity index (χ0) is 80.0. The Bertz CT molecular complexity index is 7040. The van der Waals surface area contributed by atoms with Crippen molar-refractivity contribution in [2.75, 3.05) is 0 Å². The molecule has 0 unspecified atom stereocenters. The smallest absolute Gasteiger partial charge is 0.164 e. The van der Waals surface area contributed by atoms with Gasteiger partial charge in [-0.3, -0.25) is 4.98 Å². The van der Waals surface area contributed by atoms with Gasteiger partial charge in [0.05, 0.1) is 56.7 Å². The van der Waals surface area contributed by atoms with E-state index in [1.807, 2.05) is 297 Å². The van der Waals surface area contributed by atoms with Crippen LogP contribution in [0.25, 0.3) is 214 Å². The molecule has 0 amide bonds. The van der Waals surface area contributed by atoms with Crippen LogP contribution in [0.15, 0.2) is 370 Å². The Morgan fingerprint density at radius 2 is 0.475 bits per heavy atom. The van der Waals surface area contributed by atoms with Crippen LogP contribution in [0, 0.1) is 22.7 Å². The van der Waals surface area contributed by atoms with Crippen molar-refractivity contribution in [3.05, 3.63) is 381 Å². The fourth-order valence-corrected chi connectivity index (χ4v) is 15.8. The van der Waals surface area contributed by atoms with E-state index in [9.17, 15) is 10.5 Å². The molecular formula is C103H61N17. The quantitative estimate of drug-likeness (QED) is 0.0877. The third-order valence-corrected chi connectivity index (χ3v) is 21.5. The molecule has 558 valence electrons. The van der Waals surface area contributed by atoms with E-state index in [-0.39, 0.29) is 0 Å². The second kappa shape index (κ2) is 30.3. The summed E-state index contributed by atoms with van der Waals surface area (Å²) < 4.78 is 4.51. The van der Waals surface area contributed by atoms with Crippen molar-refractivity contribution in [3.8, 4) is 182 Å². The summed E-state index contributed by atoms with van der Waals surface area (Å²) in [5.41, 5.74) is 17.6. The summed E-state index contributed by atoms with van der Waals surface area (Å²) in [6.07, 6.45) is 3.49. The van der Waals surface area contributed by atoms with Crippen LogP contribution in [0.4, 0.5) is 0 Å². The zero-order valence-electron chi connectivity index (χ0n) is 63.8. The summed E-state index contributed by atoms with van der Waals surface area (Å²) in [4.78, 5) is 67.0. The molecule has 7 heterocycles. The van der Waals surface area contributed by atoms with Crippen molar-refractivity contribution >= 4 is 43.6 Å². The molecule has 0 spiro atoms. The molecule has 7 aromatic heterocycles. The maximum Gasteiger partial charge on any atom is 0.164 e. The minimum absolute atomic E-state index is 0.394. The molecular weight excluding hydrogens is 1480 g/mol. The van der Waals surface area contributed by atoms with Gasteiger partial charge in [-0.15, -0.1) is 0 Å². The Hall–Kier alpha value is -17.2. The Morgan fingerprint density at radius 1 is 0.208 bits per heavy atom. The van der Waals surface area contributed by atoms with Crippen LogP contribution in [0.5, 0.6) is 0 Å². The highest BCUT2D eigenvalue weighted by atomic mass is 15.1. The number of benzene rings is 14. The highest BCUT2D eigenvalue weighted by Gasteiger charge is 2.29. The molecule has 0 aliphatic carbocycles. The van der Waals surface area contributed by atoms with Gasteiger partial charge in [0.25, 0.3) is 0 Å². The van der Waals surface area contributed by atoms with E-state index in [4.69, 9.17) is 59.8 Å². The van der Waals surface area contributed by atoms with Gasteiger partial charge in [0, 0.05) is 117 Å². The van der Waals surface area contributed by atoms with Gasteiger partial charge in [-0.1, -0.05) is 249 Å². The maximum absolute atomic E-state index is 11.8. The van der Waals surface area contributed by atoms with Crippen molar-refractivity contribution < 1.29 is 0 Å². The van der Waals surface area contributed by atoms with Crippen LogP contribution in [0.2, 0.25) is 0 Å². The van der Waals surface area contributed by atoms with Crippen LogP contribution in [0.3, 0.4) is 0 Å². The highest BCUT2D eigenvalue weighted by Crippen LogP contribution is 2.48. The van der Waals surface area contributed by atoms with Crippen LogP contribution in [0.1, 0.15) is 11.1 Å². The largest absolute Gasteiger partial charge is 0.309 e. The average molecular weight is 1540 g/mol. The van der Waals surface area contributed by atoms with Crippen molar-refractivity contribution in [2.24, 2.45) is 0 Å². The van der Waals surface area contributed by atoms with Crippen LogP contribution >= 0.6 is 0 Å². The van der Waals surface area contributed by atoms with Crippen molar-refractivity contribution in [1.82, 2.24) is 73.9 Å². The lowest BCUT2D eigenvalue weighted by atomic mass is 9.90. The molecule has 0 N–H and O–H groups in total. The van der Waals surface area contributed by atoms with Gasteiger partial charge in [0.15, 0.2) is 69.9 Å². The third-order valence-electron chi connectivity index (χ3n) is 21.5. The predicted octanol–water partition coefficient (Wildman–Crippen LogP) is 23.1. The van der Waals surface area contributed by atoms with Gasteiger partial charge < -0.3 is 9.13 Å². The standard InChI is InChI=1S/C103H61N17/c104-62-64-41-48-85(119-86-49-43-74(100-111-92(66-25-9-1-10-26-66)107-93(112-100)67-27-11-2-12-28-67)58-81(86)82-59-75(44-50-87(82)119)101-113-94(68-29-13-3-14-30-68)108-95(114-101)69-31-15-4-16-32-69)80(57-64)79-47-42-78(63-105)90(65-53-55-106-56-54-65)91(79)120-88-51-45-76(102-115-96(70-33-17-5-18-34-70)109-97(116-102)71-35-19-6-20-36-71)60-83(88)84-61-77(46-52-89(84)120)103-117-98(72-37-21-7-22-38-72)110-99(118-103)73-39-23-8-24-40-73/h1-61H. The molecule has 21 aromatic rings. The van der Waals surface area contributed by atoms with E-state index in [1.54, 1.807) is 12.4 Å². The Morgan fingerprint density at radius 3 is 0.742 bits per heavy atom. The minimum atomic E-state index is 0.394. The molecule has 0 atom stereocenters. The van der Waals surface area contributed by atoms with Crippen LogP contribution in [-0.4, -0.2) is 73.9 Å². The monoisotopic (exact) mass is 1540 g/mol. The summed E-state index contributed by atoms with van der Waals surface area (Å²) in [6, 6.07) is 124. The first-order chi connectivity index (χ1) is 59.4. The first kappa shape index (κ1) is 70.7. The van der Waals surface area contributed by atoms with Crippen molar-refractivity contribution in [3.63, 3.8) is 0 Å². The normalized spacial score (nSPS) is 11.3. The Balaban J connectivity index is 0.835. The molecule has 0 aliphatic heterocycles. The molecule has 14 aromatic carbocycles. The summed E-state index contributed by atoms with van der Waals surface area (Å²) >= 11 is 0. The van der Waals surface area contributed by atoms with E-state index >= 15 is 0 Å². The molecule has 0 saturated heterocycles. The Labute approximate surface area is 687 Å².